The summed E-state index contributed by atoms with van der Waals surface area (Å²) >= 11 is 3.26. The summed E-state index contributed by atoms with van der Waals surface area (Å²) in [7, 11) is 0. The number of hydrogen-bond acceptors (Lipinski definition) is 4. The number of nitrogens with zero attached hydrogens (tertiary/aromatic N) is 1. The normalized spacial score (nSPS) is 10.1. The van der Waals surface area contributed by atoms with Gasteiger partial charge in [0.15, 0.2) is 6.29 Å². The molecule has 2 rings (SSSR count). The third-order valence-corrected chi connectivity index (χ3v) is 3.19. The van der Waals surface area contributed by atoms with Gasteiger partial charge in [-0.05, 0) is 36.8 Å². The quantitative estimate of drug-likeness (QED) is 0.475. The average molecular weight is 336 g/mol. The molecule has 0 aliphatic carbocycles. The zero-order valence-corrected chi connectivity index (χ0v) is 12.1. The molecule has 0 spiro atoms. The number of rotatable bonds is 4. The van der Waals surface area contributed by atoms with Crippen molar-refractivity contribution in [1.82, 2.24) is 0 Å². The second-order valence-electron chi connectivity index (χ2n) is 4.11. The van der Waals surface area contributed by atoms with E-state index in [9.17, 15) is 14.9 Å². The zero-order valence-electron chi connectivity index (χ0n) is 10.5. The molecule has 2 aromatic carbocycles. The third kappa shape index (κ3) is 3.03. The minimum absolute atomic E-state index is 0.0598. The van der Waals surface area contributed by atoms with E-state index < -0.39 is 4.92 Å². The number of benzene rings is 2. The second-order valence-corrected chi connectivity index (χ2v) is 5.02. The summed E-state index contributed by atoms with van der Waals surface area (Å²) < 4.78 is 6.37. The molecule has 0 saturated heterocycles. The van der Waals surface area contributed by atoms with Crippen LogP contribution in [0.1, 0.15) is 15.9 Å². The van der Waals surface area contributed by atoms with E-state index in [0.29, 0.717) is 23.3 Å². The maximum Gasteiger partial charge on any atom is 0.273 e. The van der Waals surface area contributed by atoms with Gasteiger partial charge in [-0.25, -0.2) is 0 Å². The molecular formula is C14H10BrNO4. The Labute approximate surface area is 123 Å². The summed E-state index contributed by atoms with van der Waals surface area (Å²) in [5, 5.41) is 10.8. The summed E-state index contributed by atoms with van der Waals surface area (Å²) in [5.41, 5.74) is 1.05. The fourth-order valence-electron chi connectivity index (χ4n) is 1.64. The fourth-order valence-corrected chi connectivity index (χ4v) is 2.01. The highest BCUT2D eigenvalue weighted by molar-refractivity contribution is 9.10. The van der Waals surface area contributed by atoms with Crippen LogP contribution in [0.2, 0.25) is 0 Å². The number of nitro benzene ring substituents is 1. The molecule has 0 aliphatic heterocycles. The van der Waals surface area contributed by atoms with Crippen LogP contribution in [-0.4, -0.2) is 11.2 Å². The molecule has 6 heteroatoms. The molecule has 0 atom stereocenters. The van der Waals surface area contributed by atoms with Crippen molar-refractivity contribution in [3.05, 3.63) is 62.1 Å². The Morgan fingerprint density at radius 3 is 2.60 bits per heavy atom. The molecule has 0 radical (unpaired) electrons. The van der Waals surface area contributed by atoms with E-state index in [2.05, 4.69) is 15.9 Å². The molecule has 5 nitrogen and oxygen atoms in total. The maximum absolute atomic E-state index is 11.0. The first-order valence-corrected chi connectivity index (χ1v) is 6.48. The van der Waals surface area contributed by atoms with Gasteiger partial charge >= 0.3 is 0 Å². The van der Waals surface area contributed by atoms with Crippen LogP contribution >= 0.6 is 15.9 Å². The van der Waals surface area contributed by atoms with E-state index in [1.807, 2.05) is 0 Å². The number of carbonyl (C=O) groups excluding carboxylic acids is 1. The Morgan fingerprint density at radius 2 is 1.95 bits per heavy atom. The SMILES string of the molecule is Cc1ccc([N+](=O)[O-])cc1Oc1ccc(Br)cc1C=O. The second kappa shape index (κ2) is 5.83. The molecule has 102 valence electrons. The van der Waals surface area contributed by atoms with E-state index in [4.69, 9.17) is 4.74 Å². The summed E-state index contributed by atoms with van der Waals surface area (Å²) in [4.78, 5) is 21.3. The van der Waals surface area contributed by atoms with Crippen molar-refractivity contribution in [1.29, 1.82) is 0 Å². The van der Waals surface area contributed by atoms with Gasteiger partial charge in [0.25, 0.3) is 5.69 Å². The molecule has 0 N–H and O–H groups in total. The Morgan fingerprint density at radius 1 is 1.20 bits per heavy atom. The van der Waals surface area contributed by atoms with E-state index in [-0.39, 0.29) is 5.69 Å². The van der Waals surface area contributed by atoms with Gasteiger partial charge in [0, 0.05) is 10.5 Å². The van der Waals surface area contributed by atoms with E-state index in [1.54, 1.807) is 31.2 Å². The van der Waals surface area contributed by atoms with Crippen LogP contribution in [-0.2, 0) is 0 Å². The highest BCUT2D eigenvalue weighted by Gasteiger charge is 2.12. The molecule has 0 bridgehead atoms. The lowest BCUT2D eigenvalue weighted by Gasteiger charge is -2.10. The van der Waals surface area contributed by atoms with Crippen molar-refractivity contribution >= 4 is 27.9 Å². The van der Waals surface area contributed by atoms with Crippen molar-refractivity contribution < 1.29 is 14.5 Å². The standard InChI is InChI=1S/C14H10BrNO4/c1-9-2-4-12(16(18)19)7-14(9)20-13-5-3-11(15)6-10(13)8-17/h2-8H,1H3. The first kappa shape index (κ1) is 14.2. The van der Waals surface area contributed by atoms with Crippen LogP contribution in [0.3, 0.4) is 0 Å². The minimum atomic E-state index is -0.492. The Kier molecular flexibility index (Phi) is 4.14. The molecule has 0 saturated carbocycles. The molecule has 0 fully saturated rings. The number of hydrogen-bond donors (Lipinski definition) is 0. The summed E-state index contributed by atoms with van der Waals surface area (Å²) in [6, 6.07) is 9.33. The van der Waals surface area contributed by atoms with Gasteiger partial charge in [-0.2, -0.15) is 0 Å². The Bertz CT molecular complexity index is 685. The van der Waals surface area contributed by atoms with Crippen LogP contribution in [0.4, 0.5) is 5.69 Å². The van der Waals surface area contributed by atoms with Gasteiger partial charge in [0.05, 0.1) is 16.6 Å². The van der Waals surface area contributed by atoms with Crippen LogP contribution in [0.15, 0.2) is 40.9 Å². The molecule has 0 heterocycles. The highest BCUT2D eigenvalue weighted by atomic mass is 79.9. The van der Waals surface area contributed by atoms with Gasteiger partial charge in [0.2, 0.25) is 0 Å². The number of aldehydes is 1. The molecule has 20 heavy (non-hydrogen) atoms. The highest BCUT2D eigenvalue weighted by Crippen LogP contribution is 2.31. The number of ether oxygens (including phenoxy) is 1. The average Bonchev–Trinajstić information content (AvgIpc) is 2.42. The number of halogens is 1. The van der Waals surface area contributed by atoms with Crippen molar-refractivity contribution in [3.8, 4) is 11.5 Å². The number of carbonyl (C=O) groups is 1. The van der Waals surface area contributed by atoms with Crippen molar-refractivity contribution in [2.45, 2.75) is 6.92 Å². The number of aryl methyl sites for hydroxylation is 1. The Balaban J connectivity index is 2.41. The van der Waals surface area contributed by atoms with E-state index in [0.717, 1.165) is 10.0 Å². The Hall–Kier alpha value is -2.21. The lowest BCUT2D eigenvalue weighted by Crippen LogP contribution is -1.94. The minimum Gasteiger partial charge on any atom is -0.456 e. The van der Waals surface area contributed by atoms with Crippen molar-refractivity contribution in [2.24, 2.45) is 0 Å². The first-order valence-electron chi connectivity index (χ1n) is 5.69. The lowest BCUT2D eigenvalue weighted by atomic mass is 10.2. The van der Waals surface area contributed by atoms with Gasteiger partial charge in [0.1, 0.15) is 11.5 Å². The molecular weight excluding hydrogens is 326 g/mol. The van der Waals surface area contributed by atoms with Gasteiger partial charge in [-0.15, -0.1) is 0 Å². The molecule has 0 amide bonds. The molecule has 0 aliphatic rings. The molecule has 0 aromatic heterocycles. The van der Waals surface area contributed by atoms with Crippen LogP contribution in [0, 0.1) is 17.0 Å². The molecule has 2 aromatic rings. The monoisotopic (exact) mass is 335 g/mol. The number of nitro groups is 1. The summed E-state index contributed by atoms with van der Waals surface area (Å²) in [6.07, 6.45) is 0.673. The largest absolute Gasteiger partial charge is 0.456 e. The van der Waals surface area contributed by atoms with E-state index in [1.165, 1.54) is 12.1 Å². The van der Waals surface area contributed by atoms with Crippen LogP contribution in [0.5, 0.6) is 11.5 Å². The predicted molar refractivity (Wildman–Crippen MR) is 77.4 cm³/mol. The topological polar surface area (TPSA) is 69.4 Å². The van der Waals surface area contributed by atoms with Gasteiger partial charge in [-0.1, -0.05) is 15.9 Å². The van der Waals surface area contributed by atoms with Gasteiger partial charge in [-0.3, -0.25) is 14.9 Å². The van der Waals surface area contributed by atoms with Crippen LogP contribution < -0.4 is 4.74 Å². The van der Waals surface area contributed by atoms with Crippen molar-refractivity contribution in [3.63, 3.8) is 0 Å². The molecule has 0 unspecified atom stereocenters. The third-order valence-electron chi connectivity index (χ3n) is 2.70. The van der Waals surface area contributed by atoms with Crippen LogP contribution in [0.25, 0.3) is 0 Å². The maximum atomic E-state index is 11.0. The number of non-ortho nitro benzene ring substituents is 1. The summed E-state index contributed by atoms with van der Waals surface area (Å²) in [6.45, 7) is 1.78. The smallest absolute Gasteiger partial charge is 0.273 e. The lowest BCUT2D eigenvalue weighted by molar-refractivity contribution is -0.384. The van der Waals surface area contributed by atoms with Crippen molar-refractivity contribution in [2.75, 3.05) is 0 Å². The van der Waals surface area contributed by atoms with E-state index >= 15 is 0 Å². The zero-order chi connectivity index (χ0) is 14.7. The fraction of sp³-hybridized carbons (Fsp3) is 0.0714. The van der Waals surface area contributed by atoms with Gasteiger partial charge < -0.3 is 4.74 Å². The first-order chi connectivity index (χ1) is 9.51. The predicted octanol–water partition coefficient (Wildman–Crippen LogP) is 4.27. The summed E-state index contributed by atoms with van der Waals surface area (Å²) in [5.74, 6) is 0.705.